The Morgan fingerprint density at radius 2 is 2.15 bits per heavy atom. The number of rotatable bonds is 3. The van der Waals surface area contributed by atoms with E-state index in [1.165, 1.54) is 0 Å². The molecule has 0 bridgehead atoms. The second kappa shape index (κ2) is 7.06. The third kappa shape index (κ3) is 3.67. The van der Waals surface area contributed by atoms with Crippen molar-refractivity contribution in [3.8, 4) is 5.75 Å². The predicted molar refractivity (Wildman–Crippen MR) is 99.5 cm³/mol. The van der Waals surface area contributed by atoms with Gasteiger partial charge in [0.15, 0.2) is 0 Å². The number of nitrogens with zero attached hydrogens (tertiary/aromatic N) is 3. The summed E-state index contributed by atoms with van der Waals surface area (Å²) in [5.41, 5.74) is 1.17. The fraction of sp³-hybridized carbons (Fsp3) is 0.450. The molecule has 2 amide bonds. The normalized spacial score (nSPS) is 18.4. The maximum atomic E-state index is 12.5. The Labute approximate surface area is 158 Å². The smallest absolute Gasteiger partial charge is 0.255 e. The lowest BCUT2D eigenvalue weighted by Crippen LogP contribution is -2.54. The van der Waals surface area contributed by atoms with E-state index in [0.29, 0.717) is 56.8 Å². The lowest BCUT2D eigenvalue weighted by Gasteiger charge is -2.41. The van der Waals surface area contributed by atoms with Crippen LogP contribution in [0.5, 0.6) is 5.75 Å². The van der Waals surface area contributed by atoms with Crippen LogP contribution >= 0.6 is 0 Å². The molecule has 3 heterocycles. The Morgan fingerprint density at radius 3 is 2.89 bits per heavy atom. The van der Waals surface area contributed by atoms with Gasteiger partial charge in [-0.25, -0.2) is 0 Å². The van der Waals surface area contributed by atoms with Crippen LogP contribution < -0.4 is 10.1 Å². The summed E-state index contributed by atoms with van der Waals surface area (Å²) in [5.74, 6) is 0.673. The molecule has 0 saturated carbocycles. The lowest BCUT2D eigenvalue weighted by molar-refractivity contribution is -0.134. The van der Waals surface area contributed by atoms with Gasteiger partial charge in [0.05, 0.1) is 12.1 Å². The molecule has 2 aromatic rings. The molecule has 1 N–H and O–H groups in total. The summed E-state index contributed by atoms with van der Waals surface area (Å²) >= 11 is 0. The molecule has 0 atom stereocenters. The molecule has 0 unspecified atom stereocenters. The van der Waals surface area contributed by atoms with Gasteiger partial charge in [0, 0.05) is 51.3 Å². The van der Waals surface area contributed by atoms with E-state index in [1.54, 1.807) is 10.9 Å². The average Bonchev–Trinajstić information content (AvgIpc) is 3.16. The molecule has 27 heavy (non-hydrogen) atoms. The Kier molecular flexibility index (Phi) is 4.59. The monoisotopic (exact) mass is 368 g/mol. The molecule has 142 valence electrons. The molecule has 0 radical (unpaired) electrons. The van der Waals surface area contributed by atoms with E-state index in [4.69, 9.17) is 4.74 Å². The summed E-state index contributed by atoms with van der Waals surface area (Å²) in [6, 6.07) is 7.54. The van der Waals surface area contributed by atoms with E-state index in [1.807, 2.05) is 42.3 Å². The van der Waals surface area contributed by atoms with Crippen molar-refractivity contribution >= 4 is 11.8 Å². The van der Waals surface area contributed by atoms with Gasteiger partial charge in [-0.3, -0.25) is 14.3 Å². The highest BCUT2D eigenvalue weighted by atomic mass is 16.5. The Hall–Kier alpha value is -2.83. The molecule has 1 saturated heterocycles. The molecule has 1 aromatic heterocycles. The Balaban J connectivity index is 1.39. The van der Waals surface area contributed by atoms with Crippen LogP contribution in [0, 0.1) is 6.92 Å². The van der Waals surface area contributed by atoms with Crippen molar-refractivity contribution in [2.75, 3.05) is 19.6 Å². The van der Waals surface area contributed by atoms with Gasteiger partial charge in [0.2, 0.25) is 5.91 Å². The average molecular weight is 368 g/mol. The zero-order chi connectivity index (χ0) is 18.9. The summed E-state index contributed by atoms with van der Waals surface area (Å²) in [5, 5.41) is 7.13. The molecular weight excluding hydrogens is 344 g/mol. The van der Waals surface area contributed by atoms with Gasteiger partial charge < -0.3 is 15.0 Å². The van der Waals surface area contributed by atoms with Crippen LogP contribution in [0.1, 0.15) is 35.2 Å². The zero-order valence-electron chi connectivity index (χ0n) is 15.5. The second-order valence-corrected chi connectivity index (χ2v) is 7.37. The summed E-state index contributed by atoms with van der Waals surface area (Å²) in [7, 11) is 0. The molecule has 0 aliphatic carbocycles. The number of amides is 2. The molecule has 2 aliphatic rings. The summed E-state index contributed by atoms with van der Waals surface area (Å²) in [6.45, 7) is 4.28. The number of piperidine rings is 1. The number of aromatic nitrogens is 2. The number of likely N-dealkylation sites (tertiary alicyclic amines) is 1. The fourth-order valence-electron chi connectivity index (χ4n) is 3.76. The van der Waals surface area contributed by atoms with E-state index in [2.05, 4.69) is 10.4 Å². The molecule has 1 aromatic carbocycles. The first-order valence-electron chi connectivity index (χ1n) is 9.38. The third-order valence-electron chi connectivity index (χ3n) is 5.42. The van der Waals surface area contributed by atoms with Crippen molar-refractivity contribution < 1.29 is 14.3 Å². The first-order chi connectivity index (χ1) is 13.0. The van der Waals surface area contributed by atoms with E-state index < -0.39 is 5.60 Å². The van der Waals surface area contributed by atoms with Crippen LogP contribution in [0.15, 0.2) is 36.7 Å². The minimum atomic E-state index is -0.449. The van der Waals surface area contributed by atoms with Gasteiger partial charge in [-0.1, -0.05) is 11.6 Å². The van der Waals surface area contributed by atoms with Crippen molar-refractivity contribution in [3.05, 3.63) is 47.8 Å². The number of benzene rings is 1. The molecule has 1 spiro atoms. The van der Waals surface area contributed by atoms with E-state index in [9.17, 15) is 9.59 Å². The zero-order valence-corrected chi connectivity index (χ0v) is 15.5. The van der Waals surface area contributed by atoms with Crippen LogP contribution in [0.25, 0.3) is 0 Å². The van der Waals surface area contributed by atoms with Gasteiger partial charge in [-0.05, 0) is 25.1 Å². The number of fused-ring (bicyclic) bond motifs is 1. The van der Waals surface area contributed by atoms with Crippen LogP contribution in [0.4, 0.5) is 0 Å². The minimum absolute atomic E-state index is 0.0942. The van der Waals surface area contributed by atoms with Gasteiger partial charge in [-0.15, -0.1) is 0 Å². The quantitative estimate of drug-likeness (QED) is 0.896. The molecule has 7 nitrogen and oxygen atoms in total. The lowest BCUT2D eigenvalue weighted by atomic mass is 9.90. The van der Waals surface area contributed by atoms with Crippen molar-refractivity contribution in [2.24, 2.45) is 0 Å². The number of hydrogen-bond donors (Lipinski definition) is 1. The van der Waals surface area contributed by atoms with Gasteiger partial charge in [-0.2, -0.15) is 5.10 Å². The number of ether oxygens (including phenoxy) is 1. The maximum Gasteiger partial charge on any atom is 0.255 e. The first kappa shape index (κ1) is 17.6. The van der Waals surface area contributed by atoms with E-state index in [-0.39, 0.29) is 11.8 Å². The highest BCUT2D eigenvalue weighted by Gasteiger charge is 2.40. The number of nitrogens with one attached hydrogen (secondary N) is 1. The molecule has 1 fully saturated rings. The third-order valence-corrected chi connectivity index (χ3v) is 5.42. The molecule has 4 rings (SSSR count). The highest BCUT2D eigenvalue weighted by Crippen LogP contribution is 2.33. The SMILES string of the molecule is Cc1ccc2c(c1)C(=O)NCC1(CCN(C(=O)CCn3cccn3)CC1)O2. The number of carbonyl (C=O) groups excluding carboxylic acids is 2. The molecule has 7 heteroatoms. The van der Waals surface area contributed by atoms with Crippen molar-refractivity contribution in [1.82, 2.24) is 20.0 Å². The summed E-state index contributed by atoms with van der Waals surface area (Å²) in [4.78, 5) is 26.8. The van der Waals surface area contributed by atoms with Gasteiger partial charge in [0.25, 0.3) is 5.91 Å². The summed E-state index contributed by atoms with van der Waals surface area (Å²) < 4.78 is 8.09. The second-order valence-electron chi connectivity index (χ2n) is 7.37. The number of hydrogen-bond acceptors (Lipinski definition) is 4. The number of carbonyl (C=O) groups is 2. The van der Waals surface area contributed by atoms with Crippen LogP contribution in [-0.4, -0.2) is 51.7 Å². The van der Waals surface area contributed by atoms with E-state index in [0.717, 1.165) is 5.56 Å². The van der Waals surface area contributed by atoms with Crippen molar-refractivity contribution in [3.63, 3.8) is 0 Å². The topological polar surface area (TPSA) is 76.5 Å². The van der Waals surface area contributed by atoms with Crippen molar-refractivity contribution in [2.45, 2.75) is 38.3 Å². The standard InChI is InChI=1S/C20H24N4O3/c1-15-3-4-17-16(13-15)19(26)21-14-20(27-17)6-11-23(12-7-20)18(25)5-10-24-9-2-8-22-24/h2-4,8-9,13H,5-7,10-12,14H2,1H3,(H,21,26). The Bertz CT molecular complexity index is 839. The van der Waals surface area contributed by atoms with Crippen LogP contribution in [0.3, 0.4) is 0 Å². The van der Waals surface area contributed by atoms with Gasteiger partial charge >= 0.3 is 0 Å². The van der Waals surface area contributed by atoms with Crippen LogP contribution in [0.2, 0.25) is 0 Å². The van der Waals surface area contributed by atoms with Crippen LogP contribution in [-0.2, 0) is 11.3 Å². The van der Waals surface area contributed by atoms with Crippen molar-refractivity contribution in [1.29, 1.82) is 0 Å². The molecule has 2 aliphatic heterocycles. The fourth-order valence-corrected chi connectivity index (χ4v) is 3.76. The van der Waals surface area contributed by atoms with E-state index >= 15 is 0 Å². The Morgan fingerprint density at radius 1 is 1.33 bits per heavy atom. The largest absolute Gasteiger partial charge is 0.484 e. The first-order valence-corrected chi connectivity index (χ1v) is 9.38. The maximum absolute atomic E-state index is 12.5. The number of aryl methyl sites for hydroxylation is 2. The minimum Gasteiger partial charge on any atom is -0.484 e. The molecular formula is C20H24N4O3. The highest BCUT2D eigenvalue weighted by molar-refractivity contribution is 5.97. The van der Waals surface area contributed by atoms with Gasteiger partial charge in [0.1, 0.15) is 11.4 Å². The predicted octanol–water partition coefficient (Wildman–Crippen LogP) is 1.77. The summed E-state index contributed by atoms with van der Waals surface area (Å²) in [6.07, 6.45) is 5.42.